The highest BCUT2D eigenvalue weighted by Gasteiger charge is 2.39. The second-order valence-corrected chi connectivity index (χ2v) is 5.52. The number of aryl methyl sites for hydroxylation is 1. The molecule has 0 aromatic heterocycles. The molecule has 2 rings (SSSR count). The van der Waals surface area contributed by atoms with Gasteiger partial charge in [0.05, 0.1) is 17.5 Å². The molecule has 0 spiro atoms. The molecule has 1 aromatic rings. The molecule has 0 bridgehead atoms. The zero-order valence-electron chi connectivity index (χ0n) is 12.9. The molecule has 3 amide bonds. The number of nitrogens with one attached hydrogen (secondary N) is 1. The van der Waals surface area contributed by atoms with Gasteiger partial charge in [0.25, 0.3) is 11.8 Å². The van der Waals surface area contributed by atoms with Crippen LogP contribution in [0, 0.1) is 6.92 Å². The average molecular weight is 358 g/mol. The minimum Gasteiger partial charge on any atom is -0.480 e. The number of carboxylic acid groups (broad SMARTS) is 1. The molecule has 0 saturated heterocycles. The van der Waals surface area contributed by atoms with Gasteiger partial charge in [-0.25, -0.2) is 4.79 Å². The number of alkyl halides is 3. The molecule has 2 N–H and O–H groups in total. The fraction of sp³-hybridized carbons (Fsp3) is 0.333. The number of imide groups is 1. The van der Waals surface area contributed by atoms with E-state index in [0.717, 1.165) is 0 Å². The molecule has 134 valence electrons. The van der Waals surface area contributed by atoms with E-state index in [9.17, 15) is 32.3 Å². The number of aliphatic carboxylic acids is 1. The minimum atomic E-state index is -4.80. The lowest BCUT2D eigenvalue weighted by atomic mass is 10.1. The standard InChI is InChI=1S/C15H13F3N2O5/c1-7-2-3-8-9(4-7)13(23)20(12(8)22)6-11(21)19-10(14(24)25)5-15(16,17)18/h2-4,10H,5-6H2,1H3,(H,19,21)(H,24,25). The molecule has 0 saturated carbocycles. The summed E-state index contributed by atoms with van der Waals surface area (Å²) in [7, 11) is 0. The van der Waals surface area contributed by atoms with Crippen LogP contribution in [0.2, 0.25) is 0 Å². The van der Waals surface area contributed by atoms with Crippen LogP contribution in [0.3, 0.4) is 0 Å². The van der Waals surface area contributed by atoms with Crippen LogP contribution in [0.15, 0.2) is 18.2 Å². The van der Waals surface area contributed by atoms with Gasteiger partial charge in [0.2, 0.25) is 5.91 Å². The smallest absolute Gasteiger partial charge is 0.391 e. The van der Waals surface area contributed by atoms with Crippen LogP contribution in [0.5, 0.6) is 0 Å². The summed E-state index contributed by atoms with van der Waals surface area (Å²) in [6.07, 6.45) is -6.57. The number of halogens is 3. The van der Waals surface area contributed by atoms with Crippen molar-refractivity contribution in [2.24, 2.45) is 0 Å². The summed E-state index contributed by atoms with van der Waals surface area (Å²) in [6.45, 7) is 0.828. The Balaban J connectivity index is 2.09. The first-order valence-electron chi connectivity index (χ1n) is 7.05. The monoisotopic (exact) mass is 358 g/mol. The van der Waals surface area contributed by atoms with E-state index in [2.05, 4.69) is 0 Å². The zero-order chi connectivity index (χ0) is 18.9. The van der Waals surface area contributed by atoms with Crippen LogP contribution in [0.4, 0.5) is 13.2 Å². The maximum Gasteiger partial charge on any atom is 0.391 e. The van der Waals surface area contributed by atoms with Gasteiger partial charge in [-0.15, -0.1) is 0 Å². The SMILES string of the molecule is Cc1ccc2c(c1)C(=O)N(CC(=O)NC(CC(F)(F)F)C(=O)O)C2=O. The number of nitrogens with zero attached hydrogens (tertiary/aromatic N) is 1. The normalized spacial score (nSPS) is 15.1. The molecule has 1 unspecified atom stereocenters. The Morgan fingerprint density at radius 3 is 2.36 bits per heavy atom. The predicted molar refractivity (Wildman–Crippen MR) is 76.8 cm³/mol. The van der Waals surface area contributed by atoms with Gasteiger partial charge in [0.1, 0.15) is 12.6 Å². The van der Waals surface area contributed by atoms with E-state index in [4.69, 9.17) is 5.11 Å². The molecule has 1 atom stereocenters. The van der Waals surface area contributed by atoms with Crippen molar-refractivity contribution < 1.29 is 37.5 Å². The van der Waals surface area contributed by atoms with E-state index in [0.29, 0.717) is 10.5 Å². The molecule has 0 radical (unpaired) electrons. The number of carbonyl (C=O) groups excluding carboxylic acids is 3. The molecule has 1 heterocycles. The highest BCUT2D eigenvalue weighted by molar-refractivity contribution is 6.22. The van der Waals surface area contributed by atoms with E-state index >= 15 is 0 Å². The van der Waals surface area contributed by atoms with Crippen LogP contribution in [-0.4, -0.2) is 52.5 Å². The third-order valence-corrected chi connectivity index (χ3v) is 3.50. The molecule has 1 aromatic carbocycles. The summed E-state index contributed by atoms with van der Waals surface area (Å²) in [5.74, 6) is -4.58. The molecule has 0 fully saturated rings. The first-order chi connectivity index (χ1) is 11.5. The van der Waals surface area contributed by atoms with Crippen molar-refractivity contribution in [1.29, 1.82) is 0 Å². The quantitative estimate of drug-likeness (QED) is 0.768. The van der Waals surface area contributed by atoms with Crippen molar-refractivity contribution in [2.75, 3.05) is 6.54 Å². The van der Waals surface area contributed by atoms with Gasteiger partial charge in [-0.1, -0.05) is 11.6 Å². The van der Waals surface area contributed by atoms with Crippen molar-refractivity contribution in [1.82, 2.24) is 10.2 Å². The van der Waals surface area contributed by atoms with Gasteiger partial charge in [-0.2, -0.15) is 13.2 Å². The Labute approximate surface area is 139 Å². The Bertz CT molecular complexity index is 760. The number of fused-ring (bicyclic) bond motifs is 1. The molecule has 1 aliphatic heterocycles. The Kier molecular flexibility index (Phi) is 4.82. The highest BCUT2D eigenvalue weighted by Crippen LogP contribution is 2.24. The van der Waals surface area contributed by atoms with Crippen molar-refractivity contribution in [2.45, 2.75) is 25.6 Å². The number of carbonyl (C=O) groups is 4. The summed E-state index contributed by atoms with van der Waals surface area (Å²) < 4.78 is 37.0. The van der Waals surface area contributed by atoms with E-state index in [1.165, 1.54) is 12.1 Å². The summed E-state index contributed by atoms with van der Waals surface area (Å²) in [4.78, 5) is 47.5. The zero-order valence-corrected chi connectivity index (χ0v) is 12.9. The third kappa shape index (κ3) is 4.14. The Morgan fingerprint density at radius 1 is 1.20 bits per heavy atom. The largest absolute Gasteiger partial charge is 0.480 e. The lowest BCUT2D eigenvalue weighted by Gasteiger charge is -2.18. The highest BCUT2D eigenvalue weighted by atomic mass is 19.4. The van der Waals surface area contributed by atoms with Crippen LogP contribution in [-0.2, 0) is 9.59 Å². The Morgan fingerprint density at radius 2 is 1.80 bits per heavy atom. The first-order valence-corrected chi connectivity index (χ1v) is 7.05. The fourth-order valence-corrected chi connectivity index (χ4v) is 2.36. The number of benzene rings is 1. The second kappa shape index (κ2) is 6.54. The van der Waals surface area contributed by atoms with E-state index in [-0.39, 0.29) is 11.1 Å². The fourth-order valence-electron chi connectivity index (χ4n) is 2.36. The average Bonchev–Trinajstić information content (AvgIpc) is 2.70. The molecular weight excluding hydrogens is 345 g/mol. The van der Waals surface area contributed by atoms with Crippen molar-refractivity contribution in [3.05, 3.63) is 34.9 Å². The van der Waals surface area contributed by atoms with E-state index in [1.807, 2.05) is 0 Å². The second-order valence-electron chi connectivity index (χ2n) is 5.52. The van der Waals surface area contributed by atoms with Crippen LogP contribution < -0.4 is 5.32 Å². The molecular formula is C15H13F3N2O5. The molecule has 7 nitrogen and oxygen atoms in total. The molecule has 1 aliphatic rings. The number of carboxylic acids is 1. The Hall–Kier alpha value is -2.91. The lowest BCUT2D eigenvalue weighted by Crippen LogP contribution is -2.48. The molecule has 0 aliphatic carbocycles. The van der Waals surface area contributed by atoms with Crippen molar-refractivity contribution in [3.63, 3.8) is 0 Å². The van der Waals surface area contributed by atoms with Gasteiger partial charge in [-0.3, -0.25) is 19.3 Å². The first kappa shape index (κ1) is 18.4. The number of hydrogen-bond acceptors (Lipinski definition) is 4. The van der Waals surface area contributed by atoms with Crippen LogP contribution in [0.25, 0.3) is 0 Å². The molecule has 25 heavy (non-hydrogen) atoms. The lowest BCUT2D eigenvalue weighted by molar-refractivity contribution is -0.160. The van der Waals surface area contributed by atoms with Crippen molar-refractivity contribution >= 4 is 23.7 Å². The van der Waals surface area contributed by atoms with Gasteiger partial charge in [0, 0.05) is 0 Å². The summed E-state index contributed by atoms with van der Waals surface area (Å²) in [5.41, 5.74) is 0.874. The number of amides is 3. The van der Waals surface area contributed by atoms with Crippen molar-refractivity contribution in [3.8, 4) is 0 Å². The third-order valence-electron chi connectivity index (χ3n) is 3.50. The minimum absolute atomic E-state index is 0.0773. The topological polar surface area (TPSA) is 104 Å². The molecule has 10 heteroatoms. The number of hydrogen-bond donors (Lipinski definition) is 2. The van der Waals surface area contributed by atoms with Gasteiger partial charge in [-0.05, 0) is 19.1 Å². The predicted octanol–water partition coefficient (Wildman–Crippen LogP) is 1.11. The van der Waals surface area contributed by atoms with E-state index in [1.54, 1.807) is 18.3 Å². The van der Waals surface area contributed by atoms with Crippen LogP contribution in [0.1, 0.15) is 32.7 Å². The maximum absolute atomic E-state index is 12.3. The van der Waals surface area contributed by atoms with Gasteiger partial charge >= 0.3 is 12.1 Å². The summed E-state index contributed by atoms with van der Waals surface area (Å²) in [5, 5.41) is 10.4. The maximum atomic E-state index is 12.3. The summed E-state index contributed by atoms with van der Waals surface area (Å²) >= 11 is 0. The van der Waals surface area contributed by atoms with Gasteiger partial charge < -0.3 is 10.4 Å². The van der Waals surface area contributed by atoms with Gasteiger partial charge in [0.15, 0.2) is 0 Å². The van der Waals surface area contributed by atoms with E-state index < -0.39 is 48.9 Å². The number of rotatable bonds is 5. The summed E-state index contributed by atoms with van der Waals surface area (Å²) in [6, 6.07) is 2.26. The van der Waals surface area contributed by atoms with Crippen LogP contribution >= 0.6 is 0 Å².